The first-order valence-corrected chi connectivity index (χ1v) is 19.0. The zero-order valence-corrected chi connectivity index (χ0v) is 30.9. The van der Waals surface area contributed by atoms with Crippen LogP contribution in [0.1, 0.15) is 55.5 Å². The van der Waals surface area contributed by atoms with Gasteiger partial charge in [-0.2, -0.15) is 5.26 Å². The Hall–Kier alpha value is -6.49. The monoisotopic (exact) mass is 687 g/mol. The van der Waals surface area contributed by atoms with Crippen LogP contribution in [0.4, 0.5) is 0 Å². The minimum atomic E-state index is -0.0949. The summed E-state index contributed by atoms with van der Waals surface area (Å²) in [6.07, 6.45) is 0. The van der Waals surface area contributed by atoms with Gasteiger partial charge in [0.15, 0.2) is 0 Å². The molecule has 9 aromatic carbocycles. The third-order valence-corrected chi connectivity index (χ3v) is 12.9. The number of nitriles is 1. The zero-order valence-electron chi connectivity index (χ0n) is 30.9. The van der Waals surface area contributed by atoms with Crippen molar-refractivity contribution in [1.29, 1.82) is 5.26 Å². The average Bonchev–Trinajstić information content (AvgIpc) is 3.58. The number of rotatable bonds is 3. The average molecular weight is 688 g/mol. The first-order valence-electron chi connectivity index (χ1n) is 19.0. The quantitative estimate of drug-likeness (QED) is 0.170. The van der Waals surface area contributed by atoms with Gasteiger partial charge in [-0.3, -0.25) is 0 Å². The number of nitrogens with zero attached hydrogens (tertiary/aromatic N) is 1. The maximum Gasteiger partial charge on any atom is 0.0991 e. The van der Waals surface area contributed by atoms with Gasteiger partial charge >= 0.3 is 0 Å². The highest BCUT2D eigenvalue weighted by Gasteiger charge is 2.36. The molecule has 0 unspecified atom stereocenters. The van der Waals surface area contributed by atoms with Crippen LogP contribution in [0.2, 0.25) is 0 Å². The Morgan fingerprint density at radius 3 is 1.41 bits per heavy atom. The van der Waals surface area contributed by atoms with Crippen LogP contribution in [0.3, 0.4) is 0 Å². The molecule has 0 aliphatic heterocycles. The van der Waals surface area contributed by atoms with Crippen molar-refractivity contribution >= 4 is 32.3 Å². The fourth-order valence-electron chi connectivity index (χ4n) is 10.1. The molecule has 0 amide bonds. The van der Waals surface area contributed by atoms with Crippen molar-refractivity contribution in [3.63, 3.8) is 0 Å². The lowest BCUT2D eigenvalue weighted by molar-refractivity contribution is 0.660. The van der Waals surface area contributed by atoms with E-state index in [4.69, 9.17) is 0 Å². The van der Waals surface area contributed by atoms with E-state index in [1.807, 2.05) is 12.1 Å². The largest absolute Gasteiger partial charge is 0.192 e. The van der Waals surface area contributed by atoms with E-state index in [2.05, 4.69) is 173 Å². The molecular formula is C53H37N. The van der Waals surface area contributed by atoms with E-state index in [1.165, 1.54) is 105 Å². The molecule has 0 heterocycles. The molecule has 0 saturated heterocycles. The summed E-state index contributed by atoms with van der Waals surface area (Å²) in [4.78, 5) is 0. The van der Waals surface area contributed by atoms with Gasteiger partial charge in [0, 0.05) is 10.8 Å². The van der Waals surface area contributed by atoms with Crippen molar-refractivity contribution in [2.45, 2.75) is 38.5 Å². The highest BCUT2D eigenvalue weighted by atomic mass is 14.4. The Balaban J connectivity index is 1.18. The van der Waals surface area contributed by atoms with E-state index >= 15 is 0 Å². The minimum Gasteiger partial charge on any atom is -0.192 e. The van der Waals surface area contributed by atoms with Crippen LogP contribution >= 0.6 is 0 Å². The molecular weight excluding hydrogens is 651 g/mol. The highest BCUT2D eigenvalue weighted by Crippen LogP contribution is 2.53. The molecule has 0 aromatic heterocycles. The molecule has 0 N–H and O–H groups in total. The molecule has 0 fully saturated rings. The van der Waals surface area contributed by atoms with Gasteiger partial charge in [0.1, 0.15) is 0 Å². The molecule has 54 heavy (non-hydrogen) atoms. The lowest BCUT2D eigenvalue weighted by Gasteiger charge is -2.23. The normalized spacial score (nSPS) is 14.6. The minimum absolute atomic E-state index is 0.0670. The summed E-state index contributed by atoms with van der Waals surface area (Å²) < 4.78 is 0. The van der Waals surface area contributed by atoms with Crippen molar-refractivity contribution in [2.75, 3.05) is 0 Å². The summed E-state index contributed by atoms with van der Waals surface area (Å²) in [5.74, 6) is 0. The predicted molar refractivity (Wildman–Crippen MR) is 226 cm³/mol. The van der Waals surface area contributed by atoms with Gasteiger partial charge in [0.05, 0.1) is 11.6 Å². The van der Waals surface area contributed by atoms with Gasteiger partial charge < -0.3 is 0 Å². The summed E-state index contributed by atoms with van der Waals surface area (Å²) in [6, 6.07) is 58.7. The molecule has 0 spiro atoms. The van der Waals surface area contributed by atoms with Crippen LogP contribution in [0.15, 0.2) is 152 Å². The standard InChI is InChI=1S/C53H37N/c1-52(2)46-11-7-5-9-37(46)39-22-19-34(27-48(39)52)36-21-17-33-18-24-42-45(35-20-23-40-38-10-6-8-12-47(38)53(3,4)49(40)28-35)29-44(32-15-13-31(30-54)14-16-32)43-26-25-41(36)50(33)51(42)43/h5-29H,1-4H3. The molecule has 0 atom stereocenters. The van der Waals surface area contributed by atoms with E-state index in [9.17, 15) is 5.26 Å². The van der Waals surface area contributed by atoms with Crippen molar-refractivity contribution in [3.8, 4) is 61.7 Å². The lowest BCUT2D eigenvalue weighted by atomic mass is 9.80. The molecule has 0 radical (unpaired) electrons. The second kappa shape index (κ2) is 10.8. The van der Waals surface area contributed by atoms with Crippen LogP contribution in [-0.2, 0) is 10.8 Å². The van der Waals surface area contributed by atoms with Gasteiger partial charge in [-0.1, -0.05) is 149 Å². The number of fused-ring (bicyclic) bond motifs is 6. The van der Waals surface area contributed by atoms with Crippen molar-refractivity contribution in [3.05, 3.63) is 179 Å². The van der Waals surface area contributed by atoms with Gasteiger partial charge in [0.25, 0.3) is 0 Å². The van der Waals surface area contributed by atoms with E-state index in [0.29, 0.717) is 5.56 Å². The summed E-state index contributed by atoms with van der Waals surface area (Å²) >= 11 is 0. The Labute approximate surface area is 316 Å². The third-order valence-electron chi connectivity index (χ3n) is 12.9. The summed E-state index contributed by atoms with van der Waals surface area (Å²) in [5.41, 5.74) is 18.7. The molecule has 254 valence electrons. The first kappa shape index (κ1) is 31.1. The fraction of sp³-hybridized carbons (Fsp3) is 0.113. The molecule has 2 aliphatic carbocycles. The van der Waals surface area contributed by atoms with Crippen LogP contribution < -0.4 is 0 Å². The predicted octanol–water partition coefficient (Wildman–Crippen LogP) is 14.1. The smallest absolute Gasteiger partial charge is 0.0991 e. The Kier molecular flexibility index (Phi) is 6.21. The second-order valence-electron chi connectivity index (χ2n) is 16.4. The summed E-state index contributed by atoms with van der Waals surface area (Å²) in [5, 5.41) is 17.2. The van der Waals surface area contributed by atoms with Crippen LogP contribution in [0.5, 0.6) is 0 Å². The van der Waals surface area contributed by atoms with Crippen molar-refractivity contribution in [1.82, 2.24) is 0 Å². The maximum atomic E-state index is 9.63. The molecule has 0 bridgehead atoms. The zero-order chi connectivity index (χ0) is 36.5. The second-order valence-corrected chi connectivity index (χ2v) is 16.4. The Morgan fingerprint density at radius 1 is 0.370 bits per heavy atom. The van der Waals surface area contributed by atoms with Crippen LogP contribution in [0.25, 0.3) is 88.0 Å². The summed E-state index contributed by atoms with van der Waals surface area (Å²) in [6.45, 7) is 9.43. The SMILES string of the molecule is CC1(C)c2ccccc2-c2ccc(-c3ccc4ccc5c(-c6ccc7c(c6)C(C)(C)c6ccccc6-7)cc(-c6ccc(C#N)cc6)c6ccc3c4c65)cc21. The van der Waals surface area contributed by atoms with E-state index in [-0.39, 0.29) is 10.8 Å². The Bertz CT molecular complexity index is 3090. The van der Waals surface area contributed by atoms with E-state index < -0.39 is 0 Å². The molecule has 2 aliphatic rings. The molecule has 1 heteroatoms. The van der Waals surface area contributed by atoms with Crippen LogP contribution in [0, 0.1) is 11.3 Å². The maximum absolute atomic E-state index is 9.63. The van der Waals surface area contributed by atoms with E-state index in [1.54, 1.807) is 0 Å². The highest BCUT2D eigenvalue weighted by molar-refractivity contribution is 6.30. The number of hydrogen-bond donors (Lipinski definition) is 0. The van der Waals surface area contributed by atoms with Gasteiger partial charge in [-0.25, -0.2) is 0 Å². The van der Waals surface area contributed by atoms with E-state index in [0.717, 1.165) is 5.56 Å². The summed E-state index contributed by atoms with van der Waals surface area (Å²) in [7, 11) is 0. The molecule has 11 rings (SSSR count). The van der Waals surface area contributed by atoms with Gasteiger partial charge in [0.2, 0.25) is 0 Å². The van der Waals surface area contributed by atoms with Crippen LogP contribution in [-0.4, -0.2) is 0 Å². The first-order chi connectivity index (χ1) is 26.2. The Morgan fingerprint density at radius 2 is 0.815 bits per heavy atom. The number of benzene rings is 9. The topological polar surface area (TPSA) is 23.8 Å². The third kappa shape index (κ3) is 4.09. The van der Waals surface area contributed by atoms with Gasteiger partial charge in [-0.05, 0) is 141 Å². The molecule has 1 nitrogen and oxygen atoms in total. The lowest BCUT2D eigenvalue weighted by Crippen LogP contribution is -2.14. The van der Waals surface area contributed by atoms with Gasteiger partial charge in [-0.15, -0.1) is 0 Å². The van der Waals surface area contributed by atoms with Crippen molar-refractivity contribution in [2.24, 2.45) is 0 Å². The fourth-order valence-corrected chi connectivity index (χ4v) is 10.1. The number of hydrogen-bond acceptors (Lipinski definition) is 1. The molecule has 9 aromatic rings. The molecule has 0 saturated carbocycles. The van der Waals surface area contributed by atoms with Crippen molar-refractivity contribution < 1.29 is 0 Å².